The lowest BCUT2D eigenvalue weighted by molar-refractivity contribution is -0.145. The Bertz CT molecular complexity index is 319. The van der Waals surface area contributed by atoms with Crippen LogP contribution in [0.1, 0.15) is 111 Å². The van der Waals surface area contributed by atoms with Gasteiger partial charge in [-0.2, -0.15) is 0 Å². The first-order valence-electron chi connectivity index (χ1n) is 12.2. The van der Waals surface area contributed by atoms with E-state index in [9.17, 15) is 4.79 Å². The molecule has 0 aromatic heterocycles. The predicted octanol–water partition coefficient (Wildman–Crippen LogP) is 6.37. The molecule has 0 N–H and O–H groups in total. The first-order valence-corrected chi connectivity index (χ1v) is 12.2. The third kappa shape index (κ3) is 20.1. The van der Waals surface area contributed by atoms with Crippen LogP contribution in [0.15, 0.2) is 0 Å². The number of carbonyl (C=O) groups excluding carboxylic acids is 1. The van der Waals surface area contributed by atoms with Gasteiger partial charge in [-0.3, -0.25) is 4.79 Å². The lowest BCUT2D eigenvalue weighted by Gasteiger charge is -2.17. The van der Waals surface area contributed by atoms with Gasteiger partial charge >= 0.3 is 5.97 Å². The molecule has 0 radical (unpaired) electrons. The van der Waals surface area contributed by atoms with Crippen molar-refractivity contribution in [3.63, 3.8) is 0 Å². The maximum atomic E-state index is 11.7. The van der Waals surface area contributed by atoms with Gasteiger partial charge in [0.25, 0.3) is 0 Å². The topological polar surface area (TPSA) is 38.8 Å². The van der Waals surface area contributed by atoms with Crippen molar-refractivity contribution < 1.29 is 14.3 Å². The summed E-state index contributed by atoms with van der Waals surface area (Å²) in [6.07, 6.45) is 17.8. The second kappa shape index (κ2) is 22.7. The lowest BCUT2D eigenvalue weighted by Crippen LogP contribution is -2.27. The predicted molar refractivity (Wildman–Crippen MR) is 120 cm³/mol. The molecular formula is C24H49NO3. The molecule has 0 spiro atoms. The Morgan fingerprint density at radius 1 is 0.643 bits per heavy atom. The van der Waals surface area contributed by atoms with Crippen LogP contribution < -0.4 is 0 Å². The molecule has 0 amide bonds. The molecule has 0 unspecified atom stereocenters. The second-order valence-electron chi connectivity index (χ2n) is 7.85. The van der Waals surface area contributed by atoms with Crippen LogP contribution in [0.2, 0.25) is 0 Å². The van der Waals surface area contributed by atoms with Crippen molar-refractivity contribution in [1.82, 2.24) is 4.90 Å². The average molecular weight is 400 g/mol. The average Bonchev–Trinajstić information content (AvgIpc) is 2.71. The molecule has 0 saturated heterocycles. The molecule has 4 nitrogen and oxygen atoms in total. The Kier molecular flexibility index (Phi) is 22.2. The highest BCUT2D eigenvalue weighted by molar-refractivity contribution is 5.69. The summed E-state index contributed by atoms with van der Waals surface area (Å²) in [4.78, 5) is 14.0. The minimum absolute atomic E-state index is 0.0737. The second-order valence-corrected chi connectivity index (χ2v) is 7.85. The van der Waals surface area contributed by atoms with Gasteiger partial charge in [0.2, 0.25) is 0 Å². The molecule has 0 aromatic carbocycles. The van der Waals surface area contributed by atoms with E-state index < -0.39 is 0 Å². The van der Waals surface area contributed by atoms with Crippen LogP contribution in [0, 0.1) is 0 Å². The number of likely N-dealkylation sites (N-methyl/N-ethyl adjacent to an activating group) is 1. The van der Waals surface area contributed by atoms with Crippen LogP contribution in [0.25, 0.3) is 0 Å². The number of hydrogen-bond acceptors (Lipinski definition) is 4. The first-order chi connectivity index (χ1) is 13.7. The van der Waals surface area contributed by atoms with E-state index >= 15 is 0 Å². The zero-order chi connectivity index (χ0) is 20.7. The van der Waals surface area contributed by atoms with Gasteiger partial charge in [-0.25, -0.2) is 0 Å². The molecule has 0 bridgehead atoms. The fraction of sp³-hybridized carbons (Fsp3) is 0.958. The maximum absolute atomic E-state index is 11.7. The zero-order valence-corrected chi connectivity index (χ0v) is 19.3. The molecule has 0 aromatic rings. The van der Waals surface area contributed by atoms with Crippen molar-refractivity contribution >= 4 is 5.97 Å². The summed E-state index contributed by atoms with van der Waals surface area (Å²) in [6, 6.07) is 0. The maximum Gasteiger partial charge on any atom is 0.305 e. The minimum Gasteiger partial charge on any atom is -0.463 e. The van der Waals surface area contributed by atoms with Gasteiger partial charge in [0, 0.05) is 13.0 Å². The van der Waals surface area contributed by atoms with Crippen LogP contribution >= 0.6 is 0 Å². The number of unbranched alkanes of at least 4 members (excludes halogenated alkanes) is 12. The van der Waals surface area contributed by atoms with Gasteiger partial charge in [0.15, 0.2) is 0 Å². The Balaban J connectivity index is 3.21. The first kappa shape index (κ1) is 27.4. The molecule has 0 fully saturated rings. The van der Waals surface area contributed by atoms with Crippen LogP contribution in [0.5, 0.6) is 0 Å². The van der Waals surface area contributed by atoms with Gasteiger partial charge < -0.3 is 14.4 Å². The third-order valence-electron chi connectivity index (χ3n) is 5.42. The van der Waals surface area contributed by atoms with Gasteiger partial charge in [0.05, 0.1) is 13.2 Å². The Morgan fingerprint density at radius 3 is 1.64 bits per heavy atom. The Morgan fingerprint density at radius 2 is 1.14 bits per heavy atom. The van der Waals surface area contributed by atoms with Crippen molar-refractivity contribution in [2.45, 2.75) is 111 Å². The van der Waals surface area contributed by atoms with Crippen LogP contribution in [-0.2, 0) is 14.3 Å². The molecule has 0 aliphatic rings. The SMILES string of the molecule is CCCCCCCCCCCCCCCC(=O)OCCOCCN(CC)CC. The zero-order valence-electron chi connectivity index (χ0n) is 19.3. The highest BCUT2D eigenvalue weighted by Gasteiger charge is 2.03. The van der Waals surface area contributed by atoms with Crippen molar-refractivity contribution in [3.05, 3.63) is 0 Å². The molecule has 0 aliphatic heterocycles. The molecule has 4 heteroatoms. The summed E-state index contributed by atoms with van der Waals surface area (Å²) in [5.41, 5.74) is 0. The van der Waals surface area contributed by atoms with E-state index in [-0.39, 0.29) is 5.97 Å². The molecule has 28 heavy (non-hydrogen) atoms. The standard InChI is InChI=1S/C24H49NO3/c1-4-7-8-9-10-11-12-13-14-15-16-17-18-19-24(26)28-23-22-27-21-20-25(5-2)6-3/h4-23H2,1-3H3. The van der Waals surface area contributed by atoms with E-state index in [2.05, 4.69) is 25.7 Å². The lowest BCUT2D eigenvalue weighted by atomic mass is 10.0. The van der Waals surface area contributed by atoms with Crippen molar-refractivity contribution in [2.24, 2.45) is 0 Å². The molecule has 0 rings (SSSR count). The summed E-state index contributed by atoms with van der Waals surface area (Å²) >= 11 is 0. The van der Waals surface area contributed by atoms with Crippen molar-refractivity contribution in [3.8, 4) is 0 Å². The highest BCUT2D eigenvalue weighted by atomic mass is 16.6. The van der Waals surface area contributed by atoms with Crippen LogP contribution in [0.4, 0.5) is 0 Å². The van der Waals surface area contributed by atoms with Crippen molar-refractivity contribution in [2.75, 3.05) is 39.5 Å². The number of esters is 1. The third-order valence-corrected chi connectivity index (χ3v) is 5.42. The molecule has 0 heterocycles. The van der Waals surface area contributed by atoms with E-state index in [1.54, 1.807) is 0 Å². The largest absolute Gasteiger partial charge is 0.463 e. The summed E-state index contributed by atoms with van der Waals surface area (Å²) in [5.74, 6) is -0.0737. The van der Waals surface area contributed by atoms with E-state index in [1.165, 1.54) is 70.6 Å². The number of rotatable bonds is 22. The minimum atomic E-state index is -0.0737. The molecule has 0 atom stereocenters. The van der Waals surface area contributed by atoms with Gasteiger partial charge in [0.1, 0.15) is 6.61 Å². The normalized spacial score (nSPS) is 11.3. The fourth-order valence-electron chi connectivity index (χ4n) is 3.41. The number of ether oxygens (including phenoxy) is 2. The molecule has 0 aliphatic carbocycles. The monoisotopic (exact) mass is 399 g/mol. The van der Waals surface area contributed by atoms with Crippen LogP contribution in [0.3, 0.4) is 0 Å². The quantitative estimate of drug-likeness (QED) is 0.157. The molecular weight excluding hydrogens is 350 g/mol. The van der Waals surface area contributed by atoms with E-state index in [4.69, 9.17) is 9.47 Å². The Labute approximate surface area is 175 Å². The molecule has 168 valence electrons. The van der Waals surface area contributed by atoms with E-state index in [0.29, 0.717) is 26.2 Å². The molecule has 0 saturated carbocycles. The van der Waals surface area contributed by atoms with Gasteiger partial charge in [-0.05, 0) is 19.5 Å². The van der Waals surface area contributed by atoms with E-state index in [0.717, 1.165) is 32.5 Å². The van der Waals surface area contributed by atoms with Crippen LogP contribution in [-0.4, -0.2) is 50.3 Å². The van der Waals surface area contributed by atoms with Crippen molar-refractivity contribution in [1.29, 1.82) is 0 Å². The summed E-state index contributed by atoms with van der Waals surface area (Å²) in [5, 5.41) is 0. The Hall–Kier alpha value is -0.610. The summed E-state index contributed by atoms with van der Waals surface area (Å²) in [7, 11) is 0. The number of carbonyl (C=O) groups is 1. The fourth-order valence-corrected chi connectivity index (χ4v) is 3.41. The number of nitrogens with zero attached hydrogens (tertiary/aromatic N) is 1. The number of hydrogen-bond donors (Lipinski definition) is 0. The van der Waals surface area contributed by atoms with E-state index in [1.807, 2.05) is 0 Å². The smallest absolute Gasteiger partial charge is 0.305 e. The van der Waals surface area contributed by atoms with Gasteiger partial charge in [-0.15, -0.1) is 0 Å². The van der Waals surface area contributed by atoms with Gasteiger partial charge in [-0.1, -0.05) is 97.8 Å². The highest BCUT2D eigenvalue weighted by Crippen LogP contribution is 2.13. The summed E-state index contributed by atoms with van der Waals surface area (Å²) < 4.78 is 10.8. The summed E-state index contributed by atoms with van der Waals surface area (Å²) in [6.45, 7) is 11.2.